The van der Waals surface area contributed by atoms with Crippen LogP contribution in [-0.2, 0) is 0 Å². The van der Waals surface area contributed by atoms with Crippen molar-refractivity contribution in [3.05, 3.63) is 89.2 Å². The number of H-pyrrole nitrogens is 1. The lowest BCUT2D eigenvalue weighted by Gasteiger charge is -2.09. The molecule has 0 atom stereocenters. The minimum Gasteiger partial charge on any atom is -0.493 e. The number of nitrogens with one attached hydrogen (secondary N) is 1. The van der Waals surface area contributed by atoms with E-state index in [1.165, 1.54) is 0 Å². The van der Waals surface area contributed by atoms with Gasteiger partial charge < -0.3 is 9.47 Å². The molecule has 0 radical (unpaired) electrons. The summed E-state index contributed by atoms with van der Waals surface area (Å²) < 4.78 is 13.6. The first-order valence-corrected chi connectivity index (χ1v) is 9.92. The zero-order valence-corrected chi connectivity index (χ0v) is 17.2. The fourth-order valence-electron chi connectivity index (χ4n) is 2.91. The molecule has 1 heterocycles. The molecule has 4 rings (SSSR count). The number of ether oxygens (including phenoxy) is 2. The summed E-state index contributed by atoms with van der Waals surface area (Å²) in [5.41, 5.74) is 1.68. The van der Waals surface area contributed by atoms with Crippen LogP contribution in [0.2, 0.25) is 0 Å². The SMILES string of the molecule is CCOc1ccccc1-c1n[nH]c(=S)n1/N=C\c1cccc(Oc2ccccc2)c1. The van der Waals surface area contributed by atoms with E-state index in [4.69, 9.17) is 21.7 Å². The first-order valence-electron chi connectivity index (χ1n) is 9.51. The van der Waals surface area contributed by atoms with Crippen LogP contribution in [0.3, 0.4) is 0 Å². The van der Waals surface area contributed by atoms with E-state index in [0.29, 0.717) is 17.2 Å². The van der Waals surface area contributed by atoms with Crippen molar-refractivity contribution >= 4 is 18.4 Å². The molecular formula is C23H20N4O2S. The van der Waals surface area contributed by atoms with Crippen molar-refractivity contribution < 1.29 is 9.47 Å². The smallest absolute Gasteiger partial charge is 0.216 e. The predicted molar refractivity (Wildman–Crippen MR) is 120 cm³/mol. The van der Waals surface area contributed by atoms with Gasteiger partial charge in [-0.2, -0.15) is 14.9 Å². The van der Waals surface area contributed by atoms with Gasteiger partial charge >= 0.3 is 0 Å². The van der Waals surface area contributed by atoms with Crippen molar-refractivity contribution in [3.8, 4) is 28.6 Å². The Morgan fingerprint density at radius 3 is 2.60 bits per heavy atom. The van der Waals surface area contributed by atoms with Crippen molar-refractivity contribution in [1.82, 2.24) is 14.9 Å². The molecule has 3 aromatic carbocycles. The highest BCUT2D eigenvalue weighted by atomic mass is 32.1. The maximum Gasteiger partial charge on any atom is 0.216 e. The fourth-order valence-corrected chi connectivity index (χ4v) is 3.09. The molecule has 0 aliphatic rings. The van der Waals surface area contributed by atoms with Gasteiger partial charge in [-0.15, -0.1) is 0 Å². The first kappa shape index (κ1) is 19.6. The van der Waals surface area contributed by atoms with Gasteiger partial charge in [0.2, 0.25) is 4.77 Å². The van der Waals surface area contributed by atoms with E-state index in [-0.39, 0.29) is 0 Å². The molecule has 1 N–H and O–H groups in total. The van der Waals surface area contributed by atoms with Gasteiger partial charge in [0.25, 0.3) is 0 Å². The summed E-state index contributed by atoms with van der Waals surface area (Å²) in [7, 11) is 0. The van der Waals surface area contributed by atoms with Gasteiger partial charge in [0.15, 0.2) is 5.82 Å². The molecule has 1 aromatic heterocycles. The molecule has 150 valence electrons. The summed E-state index contributed by atoms with van der Waals surface area (Å²) in [6.07, 6.45) is 1.72. The Labute approximate surface area is 179 Å². The molecule has 0 aliphatic heterocycles. The van der Waals surface area contributed by atoms with Crippen molar-refractivity contribution in [2.45, 2.75) is 6.92 Å². The molecule has 0 aliphatic carbocycles. The average Bonchev–Trinajstić information content (AvgIpc) is 3.14. The molecule has 0 bridgehead atoms. The Hall–Kier alpha value is -3.71. The van der Waals surface area contributed by atoms with Crippen molar-refractivity contribution in [1.29, 1.82) is 0 Å². The van der Waals surface area contributed by atoms with Gasteiger partial charge in [-0.05, 0) is 61.1 Å². The molecule has 0 unspecified atom stereocenters. The highest BCUT2D eigenvalue weighted by Gasteiger charge is 2.13. The first-order chi connectivity index (χ1) is 14.7. The largest absolute Gasteiger partial charge is 0.493 e. The third-order valence-electron chi connectivity index (χ3n) is 4.24. The molecule has 7 heteroatoms. The van der Waals surface area contributed by atoms with E-state index in [1.54, 1.807) is 10.9 Å². The number of para-hydroxylation sites is 2. The summed E-state index contributed by atoms with van der Waals surface area (Å²) in [5, 5.41) is 11.7. The summed E-state index contributed by atoms with van der Waals surface area (Å²) in [5.74, 6) is 2.81. The molecule has 4 aromatic rings. The Morgan fingerprint density at radius 2 is 1.77 bits per heavy atom. The zero-order chi connectivity index (χ0) is 20.8. The number of rotatable bonds is 7. The van der Waals surface area contributed by atoms with Crippen LogP contribution in [0.15, 0.2) is 84.0 Å². The Bertz CT molecular complexity index is 1220. The minimum atomic E-state index is 0.393. The molecule has 0 spiro atoms. The van der Waals surface area contributed by atoms with Gasteiger partial charge in [-0.1, -0.05) is 42.5 Å². The lowest BCUT2D eigenvalue weighted by atomic mass is 10.2. The van der Waals surface area contributed by atoms with E-state index in [1.807, 2.05) is 85.8 Å². The number of hydrogen-bond acceptors (Lipinski definition) is 5. The van der Waals surface area contributed by atoms with Crippen LogP contribution in [0.4, 0.5) is 0 Å². The average molecular weight is 417 g/mol. The Kier molecular flexibility index (Phi) is 6.01. The van der Waals surface area contributed by atoms with Crippen LogP contribution in [0.25, 0.3) is 11.4 Å². The van der Waals surface area contributed by atoms with E-state index in [9.17, 15) is 0 Å². The second-order valence-corrected chi connectivity index (χ2v) is 6.71. The lowest BCUT2D eigenvalue weighted by Crippen LogP contribution is -1.99. The van der Waals surface area contributed by atoms with E-state index in [2.05, 4.69) is 15.3 Å². The number of nitrogens with zero attached hydrogens (tertiary/aromatic N) is 3. The molecule has 0 saturated carbocycles. The highest BCUT2D eigenvalue weighted by Crippen LogP contribution is 2.28. The van der Waals surface area contributed by atoms with Crippen molar-refractivity contribution in [2.24, 2.45) is 5.10 Å². The molecule has 0 saturated heterocycles. The zero-order valence-electron chi connectivity index (χ0n) is 16.4. The van der Waals surface area contributed by atoms with Gasteiger partial charge in [0.05, 0.1) is 18.4 Å². The second kappa shape index (κ2) is 9.19. The molecule has 0 fully saturated rings. The summed E-state index contributed by atoms with van der Waals surface area (Å²) >= 11 is 5.37. The third kappa shape index (κ3) is 4.47. The van der Waals surface area contributed by atoms with Crippen LogP contribution in [0.1, 0.15) is 12.5 Å². The number of aromatic nitrogens is 3. The number of aromatic amines is 1. The monoisotopic (exact) mass is 416 g/mol. The van der Waals surface area contributed by atoms with Crippen LogP contribution in [0, 0.1) is 4.77 Å². The van der Waals surface area contributed by atoms with Crippen LogP contribution in [-0.4, -0.2) is 27.7 Å². The van der Waals surface area contributed by atoms with Crippen molar-refractivity contribution in [3.63, 3.8) is 0 Å². The van der Waals surface area contributed by atoms with Crippen LogP contribution < -0.4 is 9.47 Å². The summed E-state index contributed by atoms with van der Waals surface area (Å²) in [4.78, 5) is 0. The van der Waals surface area contributed by atoms with Gasteiger partial charge in [-0.25, -0.2) is 5.10 Å². The summed E-state index contributed by atoms with van der Waals surface area (Å²) in [6.45, 7) is 2.50. The molecule has 30 heavy (non-hydrogen) atoms. The summed E-state index contributed by atoms with van der Waals surface area (Å²) in [6, 6.07) is 25.0. The second-order valence-electron chi connectivity index (χ2n) is 6.33. The standard InChI is InChI=1S/C23H20N4O2S/c1-2-28-21-14-7-6-13-20(21)22-25-26-23(30)27(22)24-16-17-9-8-12-19(15-17)29-18-10-4-3-5-11-18/h3-16H,2H2,1H3,(H,26,30)/b24-16-. The highest BCUT2D eigenvalue weighted by molar-refractivity contribution is 7.71. The van der Waals surface area contributed by atoms with E-state index in [0.717, 1.165) is 28.4 Å². The van der Waals surface area contributed by atoms with E-state index >= 15 is 0 Å². The maximum absolute atomic E-state index is 5.89. The normalized spacial score (nSPS) is 11.0. The third-order valence-corrected chi connectivity index (χ3v) is 4.50. The lowest BCUT2D eigenvalue weighted by molar-refractivity contribution is 0.341. The van der Waals surface area contributed by atoms with Crippen LogP contribution in [0.5, 0.6) is 17.2 Å². The van der Waals surface area contributed by atoms with Gasteiger partial charge in [0.1, 0.15) is 17.2 Å². The van der Waals surface area contributed by atoms with Gasteiger partial charge in [0, 0.05) is 0 Å². The number of hydrogen-bond donors (Lipinski definition) is 1. The molecule has 6 nitrogen and oxygen atoms in total. The topological polar surface area (TPSA) is 64.4 Å². The number of benzene rings is 3. The maximum atomic E-state index is 5.89. The quantitative estimate of drug-likeness (QED) is 0.311. The van der Waals surface area contributed by atoms with Gasteiger partial charge in [-0.3, -0.25) is 0 Å². The van der Waals surface area contributed by atoms with Crippen molar-refractivity contribution in [2.75, 3.05) is 6.61 Å². The van der Waals surface area contributed by atoms with Crippen LogP contribution >= 0.6 is 12.2 Å². The molecular weight excluding hydrogens is 396 g/mol. The molecule has 0 amide bonds. The fraction of sp³-hybridized carbons (Fsp3) is 0.0870. The Morgan fingerprint density at radius 1 is 1.00 bits per heavy atom. The predicted octanol–water partition coefficient (Wildman–Crippen LogP) is 5.68. The minimum absolute atomic E-state index is 0.393. The Balaban J connectivity index is 1.62. The van der Waals surface area contributed by atoms with E-state index < -0.39 is 0 Å².